The lowest BCUT2D eigenvalue weighted by molar-refractivity contribution is -0.118. The van der Waals surface area contributed by atoms with E-state index in [1.807, 2.05) is 24.3 Å². The molecule has 1 heterocycles. The number of halogens is 2. The molecule has 0 N–H and O–H groups in total. The molecule has 0 aliphatic carbocycles. The lowest BCUT2D eigenvalue weighted by atomic mass is 10.1. The highest BCUT2D eigenvalue weighted by molar-refractivity contribution is 9.10. The first-order valence-electron chi connectivity index (χ1n) is 6.50. The van der Waals surface area contributed by atoms with Crippen LogP contribution in [-0.4, -0.2) is 17.9 Å². The van der Waals surface area contributed by atoms with E-state index in [1.54, 1.807) is 14.0 Å². The summed E-state index contributed by atoms with van der Waals surface area (Å²) in [5.74, 6) is 0.372. The Hall–Kier alpha value is -1.84. The fourth-order valence-electron chi connectivity index (χ4n) is 1.94. The Morgan fingerprint density at radius 1 is 1.55 bits per heavy atom. The number of hydrogen-bond donors (Lipinski definition) is 0. The van der Waals surface area contributed by atoms with E-state index in [4.69, 9.17) is 21.3 Å². The average molecular weight is 383 g/mol. The van der Waals surface area contributed by atoms with Crippen molar-refractivity contribution in [3.05, 3.63) is 44.8 Å². The number of oxazole rings is 1. The minimum absolute atomic E-state index is 0.111. The van der Waals surface area contributed by atoms with Gasteiger partial charge in [-0.3, -0.25) is 9.69 Å². The molecule has 7 heteroatoms. The Balaban J connectivity index is 2.05. The number of carbonyl (C=O) groups is 1. The number of carbonyl (C=O) groups excluding carboxylic acids is 1. The van der Waals surface area contributed by atoms with Gasteiger partial charge in [0.15, 0.2) is 5.89 Å². The average Bonchev–Trinajstić information content (AvgIpc) is 2.88. The second-order valence-corrected chi connectivity index (χ2v) is 5.96. The van der Waals surface area contributed by atoms with Gasteiger partial charge in [0.05, 0.1) is 5.02 Å². The number of aromatic nitrogens is 1. The molecule has 0 unspecified atom stereocenters. The zero-order chi connectivity index (χ0) is 16.3. The Labute approximate surface area is 141 Å². The van der Waals surface area contributed by atoms with Gasteiger partial charge in [0.2, 0.25) is 17.5 Å². The third-order valence-electron chi connectivity index (χ3n) is 3.11. The summed E-state index contributed by atoms with van der Waals surface area (Å²) in [4.78, 5) is 17.5. The molecule has 0 atom stereocenters. The third-order valence-corrected chi connectivity index (χ3v) is 4.34. The highest BCUT2D eigenvalue weighted by Gasteiger charge is 2.20. The van der Waals surface area contributed by atoms with Gasteiger partial charge in [-0.05, 0) is 40.0 Å². The molecular weight excluding hydrogens is 370 g/mol. The number of amides is 1. The zero-order valence-electron chi connectivity index (χ0n) is 12.1. The van der Waals surface area contributed by atoms with Crippen LogP contribution in [0.3, 0.4) is 0 Å². The van der Waals surface area contributed by atoms with Crippen LogP contribution in [-0.2, 0) is 11.2 Å². The van der Waals surface area contributed by atoms with Crippen LogP contribution in [0.4, 0.5) is 5.88 Å². The number of benzene rings is 1. The summed E-state index contributed by atoms with van der Waals surface area (Å²) in [5.41, 5.74) is 1.07. The quantitative estimate of drug-likeness (QED) is 0.805. The minimum Gasteiger partial charge on any atom is -0.423 e. The van der Waals surface area contributed by atoms with Crippen molar-refractivity contribution in [2.75, 3.05) is 11.9 Å². The molecule has 0 spiro atoms. The first kappa shape index (κ1) is 16.5. The molecule has 114 valence electrons. The molecule has 1 amide bonds. The maximum absolute atomic E-state index is 12.2. The first-order chi connectivity index (χ1) is 10.4. The van der Waals surface area contributed by atoms with Crippen LogP contribution in [0.25, 0.3) is 0 Å². The van der Waals surface area contributed by atoms with E-state index < -0.39 is 0 Å². The Morgan fingerprint density at radius 3 is 2.91 bits per heavy atom. The van der Waals surface area contributed by atoms with E-state index in [0.717, 1.165) is 10.0 Å². The van der Waals surface area contributed by atoms with Crippen LogP contribution in [0.1, 0.15) is 23.6 Å². The second-order valence-electron chi connectivity index (χ2n) is 4.70. The van der Waals surface area contributed by atoms with Gasteiger partial charge in [-0.15, -0.1) is 0 Å². The van der Waals surface area contributed by atoms with E-state index in [1.165, 1.54) is 4.90 Å². The topological polar surface area (TPSA) is 70.1 Å². The van der Waals surface area contributed by atoms with Crippen molar-refractivity contribution in [3.8, 4) is 6.07 Å². The van der Waals surface area contributed by atoms with Gasteiger partial charge in [-0.1, -0.05) is 17.7 Å². The summed E-state index contributed by atoms with van der Waals surface area (Å²) in [5, 5.41) is 9.60. The van der Waals surface area contributed by atoms with Crippen molar-refractivity contribution in [2.24, 2.45) is 0 Å². The summed E-state index contributed by atoms with van der Waals surface area (Å²) in [6.45, 7) is 1.63. The van der Waals surface area contributed by atoms with E-state index in [2.05, 4.69) is 20.9 Å². The highest BCUT2D eigenvalue weighted by atomic mass is 79.9. The number of nitriles is 1. The van der Waals surface area contributed by atoms with Crippen molar-refractivity contribution in [2.45, 2.75) is 19.8 Å². The third kappa shape index (κ3) is 3.67. The molecule has 0 bridgehead atoms. The minimum atomic E-state index is -0.160. The van der Waals surface area contributed by atoms with Crippen LogP contribution in [0, 0.1) is 18.3 Å². The van der Waals surface area contributed by atoms with Gasteiger partial charge in [-0.2, -0.15) is 5.26 Å². The molecule has 2 rings (SSSR count). The predicted molar refractivity (Wildman–Crippen MR) is 86.8 cm³/mol. The van der Waals surface area contributed by atoms with E-state index in [0.29, 0.717) is 17.3 Å². The number of rotatable bonds is 4. The molecular formula is C15H13BrClN3O2. The second kappa shape index (κ2) is 6.95. The molecule has 0 saturated heterocycles. The fraction of sp³-hybridized carbons (Fsp3) is 0.267. The molecule has 1 aromatic carbocycles. The molecule has 0 aliphatic heterocycles. The largest absolute Gasteiger partial charge is 0.423 e. The highest BCUT2D eigenvalue weighted by Crippen LogP contribution is 2.24. The molecule has 0 fully saturated rings. The number of aryl methyl sites for hydroxylation is 2. The summed E-state index contributed by atoms with van der Waals surface area (Å²) in [7, 11) is 1.57. The van der Waals surface area contributed by atoms with Crippen LogP contribution in [0.5, 0.6) is 0 Å². The molecule has 0 radical (unpaired) electrons. The van der Waals surface area contributed by atoms with Gasteiger partial charge in [0, 0.05) is 24.9 Å². The van der Waals surface area contributed by atoms with Crippen LogP contribution >= 0.6 is 27.5 Å². The Bertz CT molecular complexity index is 752. The van der Waals surface area contributed by atoms with E-state index in [-0.39, 0.29) is 23.9 Å². The predicted octanol–water partition coefficient (Wildman–Crippen LogP) is 3.87. The summed E-state index contributed by atoms with van der Waals surface area (Å²) >= 11 is 9.35. The summed E-state index contributed by atoms with van der Waals surface area (Å²) < 4.78 is 6.14. The molecule has 5 nitrogen and oxygen atoms in total. The lowest BCUT2D eigenvalue weighted by Gasteiger charge is -2.14. The van der Waals surface area contributed by atoms with Crippen molar-refractivity contribution in [1.82, 2.24) is 4.98 Å². The Kier molecular flexibility index (Phi) is 5.22. The molecule has 0 saturated carbocycles. The van der Waals surface area contributed by atoms with Crippen molar-refractivity contribution in [1.29, 1.82) is 5.26 Å². The van der Waals surface area contributed by atoms with Crippen LogP contribution in [0.15, 0.2) is 27.1 Å². The van der Waals surface area contributed by atoms with Crippen LogP contribution < -0.4 is 4.90 Å². The molecule has 2 aromatic rings. The molecule has 1 aromatic heterocycles. The standard InChI is InChI=1S/C15H13BrClN3O2/c1-9-19-13(8-18)15(22-9)20(2)14(21)6-4-10-3-5-11(16)12(17)7-10/h3,5,7H,4,6H2,1-2H3. The smallest absolute Gasteiger partial charge is 0.241 e. The van der Waals surface area contributed by atoms with Crippen molar-refractivity contribution in [3.63, 3.8) is 0 Å². The lowest BCUT2D eigenvalue weighted by Crippen LogP contribution is -2.26. The van der Waals surface area contributed by atoms with Gasteiger partial charge in [-0.25, -0.2) is 4.98 Å². The number of nitrogens with zero attached hydrogens (tertiary/aromatic N) is 3. The summed E-state index contributed by atoms with van der Waals surface area (Å²) in [6.07, 6.45) is 0.824. The fourth-order valence-corrected chi connectivity index (χ4v) is 2.39. The monoisotopic (exact) mass is 381 g/mol. The maximum atomic E-state index is 12.2. The SMILES string of the molecule is Cc1nc(C#N)c(N(C)C(=O)CCc2ccc(Br)c(Cl)c2)o1. The van der Waals surface area contributed by atoms with Crippen molar-refractivity contribution >= 4 is 39.3 Å². The Morgan fingerprint density at radius 2 is 2.27 bits per heavy atom. The number of anilines is 1. The van der Waals surface area contributed by atoms with Gasteiger partial charge in [0.1, 0.15) is 6.07 Å². The summed E-state index contributed by atoms with van der Waals surface area (Å²) in [6, 6.07) is 7.49. The van der Waals surface area contributed by atoms with E-state index >= 15 is 0 Å². The van der Waals surface area contributed by atoms with Gasteiger partial charge in [0.25, 0.3) is 0 Å². The van der Waals surface area contributed by atoms with Crippen molar-refractivity contribution < 1.29 is 9.21 Å². The maximum Gasteiger partial charge on any atom is 0.241 e. The van der Waals surface area contributed by atoms with Crippen LogP contribution in [0.2, 0.25) is 5.02 Å². The molecule has 0 aliphatic rings. The molecule has 22 heavy (non-hydrogen) atoms. The zero-order valence-corrected chi connectivity index (χ0v) is 14.4. The van der Waals surface area contributed by atoms with Gasteiger partial charge >= 0.3 is 0 Å². The number of hydrogen-bond acceptors (Lipinski definition) is 4. The van der Waals surface area contributed by atoms with E-state index in [9.17, 15) is 4.79 Å². The van der Waals surface area contributed by atoms with Gasteiger partial charge < -0.3 is 4.42 Å². The first-order valence-corrected chi connectivity index (χ1v) is 7.67. The normalized spacial score (nSPS) is 10.3.